The van der Waals surface area contributed by atoms with Gasteiger partial charge in [-0.3, -0.25) is 4.79 Å². The van der Waals surface area contributed by atoms with Gasteiger partial charge >= 0.3 is 0 Å². The largest absolute Gasteiger partial charge is 0.339 e. The number of carbonyl (C=O) groups excluding carboxylic acids is 1. The molecule has 0 aromatic heterocycles. The lowest BCUT2D eigenvalue weighted by Crippen LogP contribution is -2.42. The van der Waals surface area contributed by atoms with E-state index in [1.165, 1.54) is 25.7 Å². The molecule has 2 nitrogen and oxygen atoms in total. The number of allylic oxidation sites excluding steroid dienone is 1. The van der Waals surface area contributed by atoms with Crippen LogP contribution in [0.1, 0.15) is 45.4 Å². The van der Waals surface area contributed by atoms with E-state index in [0.29, 0.717) is 23.8 Å². The smallest absolute Gasteiger partial charge is 0.222 e. The van der Waals surface area contributed by atoms with E-state index in [9.17, 15) is 4.79 Å². The Morgan fingerprint density at radius 2 is 2.38 bits per heavy atom. The van der Waals surface area contributed by atoms with Crippen molar-refractivity contribution in [2.75, 3.05) is 6.54 Å². The first-order chi connectivity index (χ1) is 7.77. The van der Waals surface area contributed by atoms with Crippen molar-refractivity contribution in [3.8, 4) is 0 Å². The summed E-state index contributed by atoms with van der Waals surface area (Å²) in [6.07, 6.45) is 8.83. The van der Waals surface area contributed by atoms with Crippen LogP contribution in [0.2, 0.25) is 0 Å². The standard InChI is InChI=1S/C14H23NO/c1-3-6-11(4-2)12-9-10-15-13(12)7-5-8-14(15)16/h4,11-13H,2-3,5-10H2,1H3/t11?,12-,13+/m1/s1. The van der Waals surface area contributed by atoms with Crippen LogP contribution >= 0.6 is 0 Å². The number of fused-ring (bicyclic) bond motifs is 1. The molecule has 2 rings (SSSR count). The zero-order valence-corrected chi connectivity index (χ0v) is 10.3. The highest BCUT2D eigenvalue weighted by Gasteiger charge is 2.41. The minimum absolute atomic E-state index is 0.387. The molecular weight excluding hydrogens is 198 g/mol. The summed E-state index contributed by atoms with van der Waals surface area (Å²) >= 11 is 0. The molecule has 0 radical (unpaired) electrons. The summed E-state index contributed by atoms with van der Waals surface area (Å²) in [7, 11) is 0. The molecule has 0 aromatic carbocycles. The molecule has 2 saturated heterocycles. The first kappa shape index (κ1) is 11.7. The van der Waals surface area contributed by atoms with Crippen LogP contribution in [0.5, 0.6) is 0 Å². The maximum absolute atomic E-state index is 11.8. The maximum atomic E-state index is 11.8. The van der Waals surface area contributed by atoms with Crippen LogP contribution in [0.4, 0.5) is 0 Å². The highest BCUT2D eigenvalue weighted by molar-refractivity contribution is 5.77. The predicted molar refractivity (Wildman–Crippen MR) is 66.1 cm³/mol. The fraction of sp³-hybridized carbons (Fsp3) is 0.786. The van der Waals surface area contributed by atoms with E-state index in [1.54, 1.807) is 0 Å². The van der Waals surface area contributed by atoms with Gasteiger partial charge in [0.05, 0.1) is 0 Å². The summed E-state index contributed by atoms with van der Waals surface area (Å²) in [5.41, 5.74) is 0. The van der Waals surface area contributed by atoms with Crippen LogP contribution in [-0.4, -0.2) is 23.4 Å². The molecule has 90 valence electrons. The van der Waals surface area contributed by atoms with Gasteiger partial charge in [-0.15, -0.1) is 6.58 Å². The Bertz CT molecular complexity index is 274. The summed E-state index contributed by atoms with van der Waals surface area (Å²) in [5, 5.41) is 0. The number of nitrogens with zero attached hydrogens (tertiary/aromatic N) is 1. The van der Waals surface area contributed by atoms with Crippen molar-refractivity contribution in [1.29, 1.82) is 0 Å². The Morgan fingerprint density at radius 3 is 3.06 bits per heavy atom. The highest BCUT2D eigenvalue weighted by atomic mass is 16.2. The van der Waals surface area contributed by atoms with Crippen molar-refractivity contribution in [1.82, 2.24) is 4.90 Å². The molecule has 1 unspecified atom stereocenters. The van der Waals surface area contributed by atoms with Gasteiger partial charge in [0.25, 0.3) is 0 Å². The molecule has 0 aliphatic carbocycles. The average Bonchev–Trinajstić information content (AvgIpc) is 2.71. The second kappa shape index (κ2) is 5.03. The molecule has 0 bridgehead atoms. The summed E-state index contributed by atoms with van der Waals surface area (Å²) in [4.78, 5) is 13.9. The Morgan fingerprint density at radius 1 is 1.56 bits per heavy atom. The van der Waals surface area contributed by atoms with Gasteiger partial charge in [0.1, 0.15) is 0 Å². The molecular formula is C14H23NO. The highest BCUT2D eigenvalue weighted by Crippen LogP contribution is 2.38. The van der Waals surface area contributed by atoms with E-state index in [4.69, 9.17) is 0 Å². The van der Waals surface area contributed by atoms with Crippen molar-refractivity contribution >= 4 is 5.91 Å². The molecule has 0 saturated carbocycles. The number of amides is 1. The fourth-order valence-electron chi connectivity index (χ4n) is 3.50. The summed E-state index contributed by atoms with van der Waals surface area (Å²) in [6, 6.07) is 0.524. The molecule has 1 amide bonds. The fourth-order valence-corrected chi connectivity index (χ4v) is 3.50. The Kier molecular flexibility index (Phi) is 3.67. The van der Waals surface area contributed by atoms with Gasteiger partial charge in [0.15, 0.2) is 0 Å². The molecule has 2 fully saturated rings. The van der Waals surface area contributed by atoms with Crippen LogP contribution in [-0.2, 0) is 4.79 Å². The lowest BCUT2D eigenvalue weighted by molar-refractivity contribution is -0.135. The van der Waals surface area contributed by atoms with Gasteiger partial charge in [-0.1, -0.05) is 19.4 Å². The lowest BCUT2D eigenvalue weighted by atomic mass is 9.81. The van der Waals surface area contributed by atoms with Gasteiger partial charge in [0.2, 0.25) is 5.91 Å². The Hall–Kier alpha value is -0.790. The van der Waals surface area contributed by atoms with E-state index in [-0.39, 0.29) is 0 Å². The normalized spacial score (nSPS) is 31.3. The third-order valence-corrected chi connectivity index (χ3v) is 4.28. The molecule has 16 heavy (non-hydrogen) atoms. The van der Waals surface area contributed by atoms with E-state index in [0.717, 1.165) is 19.4 Å². The topological polar surface area (TPSA) is 20.3 Å². The molecule has 0 spiro atoms. The van der Waals surface area contributed by atoms with Crippen LogP contribution in [0.25, 0.3) is 0 Å². The first-order valence-electron chi connectivity index (χ1n) is 6.70. The van der Waals surface area contributed by atoms with Crippen molar-refractivity contribution in [3.05, 3.63) is 12.7 Å². The summed E-state index contributed by atoms with van der Waals surface area (Å²) in [5.74, 6) is 1.69. The molecule has 2 aliphatic rings. The zero-order chi connectivity index (χ0) is 11.5. The SMILES string of the molecule is C=CC(CCC)[C@H]1CCN2C(=O)CCC[C@@H]12. The van der Waals surface area contributed by atoms with Gasteiger partial charge in [-0.25, -0.2) is 0 Å². The van der Waals surface area contributed by atoms with Crippen LogP contribution in [0, 0.1) is 11.8 Å². The molecule has 2 aliphatic heterocycles. The number of hydrogen-bond donors (Lipinski definition) is 0. The van der Waals surface area contributed by atoms with Crippen LogP contribution in [0.15, 0.2) is 12.7 Å². The minimum Gasteiger partial charge on any atom is -0.339 e. The predicted octanol–water partition coefficient (Wildman–Crippen LogP) is 2.99. The first-order valence-corrected chi connectivity index (χ1v) is 6.70. The second-order valence-electron chi connectivity index (χ2n) is 5.19. The Balaban J connectivity index is 2.06. The van der Waals surface area contributed by atoms with E-state index < -0.39 is 0 Å². The number of rotatable bonds is 4. The Labute approximate surface area is 98.7 Å². The van der Waals surface area contributed by atoms with Crippen molar-refractivity contribution in [2.24, 2.45) is 11.8 Å². The molecule has 3 atom stereocenters. The third-order valence-electron chi connectivity index (χ3n) is 4.28. The molecule has 0 N–H and O–H groups in total. The number of piperidine rings is 1. The van der Waals surface area contributed by atoms with Crippen LogP contribution < -0.4 is 0 Å². The quantitative estimate of drug-likeness (QED) is 0.668. The maximum Gasteiger partial charge on any atom is 0.222 e. The van der Waals surface area contributed by atoms with Crippen molar-refractivity contribution in [3.63, 3.8) is 0 Å². The molecule has 2 heteroatoms. The second-order valence-corrected chi connectivity index (χ2v) is 5.19. The van der Waals surface area contributed by atoms with E-state index >= 15 is 0 Å². The van der Waals surface area contributed by atoms with Gasteiger partial charge < -0.3 is 4.90 Å². The average molecular weight is 221 g/mol. The third kappa shape index (κ3) is 2.02. The molecule has 0 aromatic rings. The van der Waals surface area contributed by atoms with Crippen molar-refractivity contribution in [2.45, 2.75) is 51.5 Å². The number of hydrogen-bond acceptors (Lipinski definition) is 1. The van der Waals surface area contributed by atoms with Crippen molar-refractivity contribution < 1.29 is 4.79 Å². The van der Waals surface area contributed by atoms with Gasteiger partial charge in [-0.05, 0) is 37.5 Å². The van der Waals surface area contributed by atoms with E-state index in [2.05, 4.69) is 24.5 Å². The monoisotopic (exact) mass is 221 g/mol. The molecule has 2 heterocycles. The summed E-state index contributed by atoms with van der Waals surface area (Å²) in [6.45, 7) is 7.20. The van der Waals surface area contributed by atoms with Gasteiger partial charge in [0, 0.05) is 19.0 Å². The summed E-state index contributed by atoms with van der Waals surface area (Å²) < 4.78 is 0. The zero-order valence-electron chi connectivity index (χ0n) is 10.3. The van der Waals surface area contributed by atoms with Gasteiger partial charge in [-0.2, -0.15) is 0 Å². The van der Waals surface area contributed by atoms with Crippen LogP contribution in [0.3, 0.4) is 0 Å². The number of carbonyl (C=O) groups is 1. The minimum atomic E-state index is 0.387. The lowest BCUT2D eigenvalue weighted by Gasteiger charge is -2.34. The van der Waals surface area contributed by atoms with E-state index in [1.807, 2.05) is 0 Å².